The Morgan fingerprint density at radius 2 is 2.33 bits per heavy atom. The lowest BCUT2D eigenvalue weighted by molar-refractivity contribution is -0.143. The summed E-state index contributed by atoms with van der Waals surface area (Å²) in [6.45, 7) is 3.94. The molecule has 15 heavy (non-hydrogen) atoms. The van der Waals surface area contributed by atoms with Gasteiger partial charge in [-0.2, -0.15) is 5.26 Å². The molecule has 3 nitrogen and oxygen atoms in total. The molecule has 1 rings (SSSR count). The number of ether oxygens (including phenoxy) is 1. The minimum absolute atomic E-state index is 0.294. The zero-order valence-corrected chi connectivity index (χ0v) is 8.86. The molecular weight excluding hydrogens is 190 g/mol. The van der Waals surface area contributed by atoms with Gasteiger partial charge in [-0.3, -0.25) is 4.79 Å². The van der Waals surface area contributed by atoms with Gasteiger partial charge in [0.15, 0.2) is 5.92 Å². The van der Waals surface area contributed by atoms with Gasteiger partial charge in [0.05, 0.1) is 12.7 Å². The van der Waals surface area contributed by atoms with Gasteiger partial charge in [0, 0.05) is 0 Å². The summed E-state index contributed by atoms with van der Waals surface area (Å²) in [6, 6.07) is 9.29. The van der Waals surface area contributed by atoms with Crippen molar-refractivity contribution >= 4 is 5.97 Å². The van der Waals surface area contributed by atoms with Crippen LogP contribution in [-0.2, 0) is 9.53 Å². The second kappa shape index (κ2) is 5.16. The summed E-state index contributed by atoms with van der Waals surface area (Å²) >= 11 is 0. The zero-order chi connectivity index (χ0) is 11.3. The molecule has 0 aliphatic rings. The second-order valence-corrected chi connectivity index (χ2v) is 3.23. The van der Waals surface area contributed by atoms with Gasteiger partial charge in [0.25, 0.3) is 0 Å². The summed E-state index contributed by atoms with van der Waals surface area (Å²) in [5, 5.41) is 8.92. The lowest BCUT2D eigenvalue weighted by Gasteiger charge is -2.08. The van der Waals surface area contributed by atoms with Crippen LogP contribution in [0.2, 0.25) is 0 Å². The molecule has 0 radical (unpaired) electrons. The first-order chi connectivity index (χ1) is 7.19. The van der Waals surface area contributed by atoms with E-state index in [4.69, 9.17) is 10.00 Å². The molecule has 0 saturated heterocycles. The van der Waals surface area contributed by atoms with Gasteiger partial charge >= 0.3 is 5.97 Å². The molecule has 78 valence electrons. The van der Waals surface area contributed by atoms with E-state index in [0.29, 0.717) is 12.2 Å². The minimum atomic E-state index is -0.815. The van der Waals surface area contributed by atoms with Gasteiger partial charge in [0.1, 0.15) is 0 Å². The topological polar surface area (TPSA) is 50.1 Å². The summed E-state index contributed by atoms with van der Waals surface area (Å²) in [7, 11) is 0. The molecule has 0 N–H and O–H groups in total. The molecule has 0 amide bonds. The summed E-state index contributed by atoms with van der Waals surface area (Å²) in [5.41, 5.74) is 1.72. The molecule has 0 aliphatic heterocycles. The van der Waals surface area contributed by atoms with Crippen LogP contribution in [0.1, 0.15) is 24.0 Å². The van der Waals surface area contributed by atoms with Crippen LogP contribution in [-0.4, -0.2) is 12.6 Å². The molecule has 0 heterocycles. The number of hydrogen-bond donors (Lipinski definition) is 0. The largest absolute Gasteiger partial charge is 0.465 e. The van der Waals surface area contributed by atoms with E-state index in [2.05, 4.69) is 0 Å². The van der Waals surface area contributed by atoms with Crippen LogP contribution < -0.4 is 0 Å². The molecule has 3 heteroatoms. The number of nitriles is 1. The molecule has 1 aromatic carbocycles. The molecule has 1 unspecified atom stereocenters. The van der Waals surface area contributed by atoms with E-state index in [0.717, 1.165) is 5.56 Å². The average Bonchev–Trinajstić information content (AvgIpc) is 2.19. The Balaban J connectivity index is 2.93. The SMILES string of the molecule is CCOC(=O)C(C#N)c1cccc(C)c1. The third-order valence-corrected chi connectivity index (χ3v) is 2.03. The standard InChI is InChI=1S/C12H13NO2/c1-3-15-12(14)11(8-13)10-6-4-5-9(2)7-10/h4-7,11H,3H2,1-2H3. The number of carbonyl (C=O) groups is 1. The van der Waals surface area contributed by atoms with Crippen molar-refractivity contribution in [1.82, 2.24) is 0 Å². The minimum Gasteiger partial charge on any atom is -0.465 e. The summed E-state index contributed by atoms with van der Waals surface area (Å²) < 4.78 is 4.83. The number of aryl methyl sites for hydroxylation is 1. The van der Waals surface area contributed by atoms with Crippen LogP contribution in [0, 0.1) is 18.3 Å². The van der Waals surface area contributed by atoms with E-state index in [-0.39, 0.29) is 0 Å². The molecule has 1 aromatic rings. The normalized spacial score (nSPS) is 11.5. The molecular formula is C12H13NO2. The maximum Gasteiger partial charge on any atom is 0.327 e. The van der Waals surface area contributed by atoms with Gasteiger partial charge in [-0.1, -0.05) is 29.8 Å². The molecule has 0 aliphatic carbocycles. The lowest BCUT2D eigenvalue weighted by Crippen LogP contribution is -2.14. The molecule has 0 aromatic heterocycles. The van der Waals surface area contributed by atoms with E-state index in [1.807, 2.05) is 31.2 Å². The first kappa shape index (κ1) is 11.3. The number of hydrogen-bond acceptors (Lipinski definition) is 3. The van der Waals surface area contributed by atoms with Crippen molar-refractivity contribution < 1.29 is 9.53 Å². The number of rotatable bonds is 3. The number of benzene rings is 1. The maximum atomic E-state index is 11.4. The van der Waals surface area contributed by atoms with Crippen molar-refractivity contribution in [3.8, 4) is 6.07 Å². The summed E-state index contributed by atoms with van der Waals surface area (Å²) in [6.07, 6.45) is 0. The fraction of sp³-hybridized carbons (Fsp3) is 0.333. The monoisotopic (exact) mass is 203 g/mol. The smallest absolute Gasteiger partial charge is 0.327 e. The zero-order valence-electron chi connectivity index (χ0n) is 8.86. The van der Waals surface area contributed by atoms with Crippen molar-refractivity contribution in [2.45, 2.75) is 19.8 Å². The fourth-order valence-corrected chi connectivity index (χ4v) is 1.34. The van der Waals surface area contributed by atoms with Gasteiger partial charge in [-0.25, -0.2) is 0 Å². The number of nitrogens with zero attached hydrogens (tertiary/aromatic N) is 1. The Kier molecular flexibility index (Phi) is 3.87. The van der Waals surface area contributed by atoms with Gasteiger partial charge in [0.2, 0.25) is 0 Å². The van der Waals surface area contributed by atoms with Crippen LogP contribution in [0.15, 0.2) is 24.3 Å². The van der Waals surface area contributed by atoms with Crippen LogP contribution in [0.4, 0.5) is 0 Å². The second-order valence-electron chi connectivity index (χ2n) is 3.23. The molecule has 0 fully saturated rings. The Morgan fingerprint density at radius 1 is 1.60 bits per heavy atom. The van der Waals surface area contributed by atoms with E-state index < -0.39 is 11.9 Å². The molecule has 0 spiro atoms. The molecule has 0 bridgehead atoms. The van der Waals surface area contributed by atoms with Gasteiger partial charge < -0.3 is 4.74 Å². The first-order valence-electron chi connectivity index (χ1n) is 4.82. The molecule has 0 saturated carbocycles. The third-order valence-electron chi connectivity index (χ3n) is 2.03. The van der Waals surface area contributed by atoms with Gasteiger partial charge in [-0.15, -0.1) is 0 Å². The Bertz CT molecular complexity index is 393. The Morgan fingerprint density at radius 3 is 2.87 bits per heavy atom. The number of esters is 1. The van der Waals surface area contributed by atoms with Crippen LogP contribution in [0.5, 0.6) is 0 Å². The molecule has 1 atom stereocenters. The summed E-state index contributed by atoms with van der Waals surface area (Å²) in [5.74, 6) is -1.30. The number of carbonyl (C=O) groups excluding carboxylic acids is 1. The van der Waals surface area contributed by atoms with Crippen molar-refractivity contribution in [1.29, 1.82) is 5.26 Å². The van der Waals surface area contributed by atoms with E-state index in [1.165, 1.54) is 0 Å². The van der Waals surface area contributed by atoms with Crippen molar-refractivity contribution in [3.63, 3.8) is 0 Å². The highest BCUT2D eigenvalue weighted by atomic mass is 16.5. The fourth-order valence-electron chi connectivity index (χ4n) is 1.34. The highest BCUT2D eigenvalue weighted by Crippen LogP contribution is 2.17. The quantitative estimate of drug-likeness (QED) is 0.707. The first-order valence-corrected chi connectivity index (χ1v) is 4.82. The lowest BCUT2D eigenvalue weighted by atomic mass is 9.99. The Hall–Kier alpha value is -1.82. The van der Waals surface area contributed by atoms with E-state index in [1.54, 1.807) is 13.0 Å². The summed E-state index contributed by atoms with van der Waals surface area (Å²) in [4.78, 5) is 11.4. The van der Waals surface area contributed by atoms with Crippen molar-refractivity contribution in [2.24, 2.45) is 0 Å². The maximum absolute atomic E-state index is 11.4. The van der Waals surface area contributed by atoms with Crippen molar-refractivity contribution in [3.05, 3.63) is 35.4 Å². The van der Waals surface area contributed by atoms with Crippen molar-refractivity contribution in [2.75, 3.05) is 6.61 Å². The average molecular weight is 203 g/mol. The van der Waals surface area contributed by atoms with Crippen LogP contribution in [0.3, 0.4) is 0 Å². The van der Waals surface area contributed by atoms with Gasteiger partial charge in [-0.05, 0) is 19.4 Å². The third kappa shape index (κ3) is 2.81. The van der Waals surface area contributed by atoms with E-state index in [9.17, 15) is 4.79 Å². The predicted octanol–water partition coefficient (Wildman–Crippen LogP) is 2.17. The van der Waals surface area contributed by atoms with E-state index >= 15 is 0 Å². The Labute approximate surface area is 89.3 Å². The highest BCUT2D eigenvalue weighted by molar-refractivity contribution is 5.81. The highest BCUT2D eigenvalue weighted by Gasteiger charge is 2.21. The van der Waals surface area contributed by atoms with Crippen LogP contribution in [0.25, 0.3) is 0 Å². The predicted molar refractivity (Wildman–Crippen MR) is 56.2 cm³/mol. The van der Waals surface area contributed by atoms with Crippen LogP contribution >= 0.6 is 0 Å².